The highest BCUT2D eigenvalue weighted by Gasteiger charge is 2.16. The fraction of sp³-hybridized carbons (Fsp3) is 0.235. The van der Waals surface area contributed by atoms with E-state index in [9.17, 15) is 4.79 Å². The van der Waals surface area contributed by atoms with E-state index in [-0.39, 0.29) is 5.78 Å². The lowest BCUT2D eigenvalue weighted by molar-refractivity contribution is 0.103. The molecule has 0 aromatic heterocycles. The Bertz CT molecular complexity index is 600. The summed E-state index contributed by atoms with van der Waals surface area (Å²) in [6.07, 6.45) is 0. The lowest BCUT2D eigenvalue weighted by Crippen LogP contribution is -2.07. The summed E-state index contributed by atoms with van der Waals surface area (Å²) >= 11 is 2.29. The topological polar surface area (TPSA) is 17.1 Å². The second-order valence-corrected chi connectivity index (χ2v) is 6.07. The summed E-state index contributed by atoms with van der Waals surface area (Å²) in [6, 6.07) is 13.5. The largest absolute Gasteiger partial charge is 0.289 e. The Hall–Kier alpha value is -1.16. The number of carbonyl (C=O) groups excluding carboxylic acids is 1. The smallest absolute Gasteiger partial charge is 0.194 e. The standard InChI is InChI=1S/C17H17IO/c1-11(2)14-9-10-15(16(18)12(14)3)17(19)13-7-5-4-6-8-13/h4-11H,1-3H3. The van der Waals surface area contributed by atoms with Gasteiger partial charge in [0.1, 0.15) is 0 Å². The Morgan fingerprint density at radius 1 is 1.05 bits per heavy atom. The van der Waals surface area contributed by atoms with Crippen molar-refractivity contribution < 1.29 is 4.79 Å². The molecule has 1 nitrogen and oxygen atoms in total. The minimum absolute atomic E-state index is 0.100. The minimum atomic E-state index is 0.100. The van der Waals surface area contributed by atoms with Gasteiger partial charge in [-0.25, -0.2) is 0 Å². The van der Waals surface area contributed by atoms with Gasteiger partial charge in [0.15, 0.2) is 5.78 Å². The number of hydrogen-bond donors (Lipinski definition) is 0. The summed E-state index contributed by atoms with van der Waals surface area (Å²) in [4.78, 5) is 12.5. The summed E-state index contributed by atoms with van der Waals surface area (Å²) in [5.74, 6) is 0.581. The molecule has 0 radical (unpaired) electrons. The third-order valence-corrected chi connectivity index (χ3v) is 4.72. The maximum absolute atomic E-state index is 12.5. The summed E-state index contributed by atoms with van der Waals surface area (Å²) < 4.78 is 1.07. The third kappa shape index (κ3) is 2.89. The molecule has 0 aliphatic heterocycles. The number of rotatable bonds is 3. The number of hydrogen-bond acceptors (Lipinski definition) is 1. The van der Waals surface area contributed by atoms with E-state index in [0.29, 0.717) is 5.92 Å². The molecule has 0 aliphatic carbocycles. The van der Waals surface area contributed by atoms with Gasteiger partial charge in [-0.2, -0.15) is 0 Å². The monoisotopic (exact) mass is 364 g/mol. The zero-order chi connectivity index (χ0) is 14.0. The second-order valence-electron chi connectivity index (χ2n) is 4.99. The van der Waals surface area contributed by atoms with Crippen molar-refractivity contribution in [3.63, 3.8) is 0 Å². The van der Waals surface area contributed by atoms with Gasteiger partial charge in [0.2, 0.25) is 0 Å². The first-order valence-electron chi connectivity index (χ1n) is 6.41. The van der Waals surface area contributed by atoms with E-state index in [1.54, 1.807) is 0 Å². The Morgan fingerprint density at radius 2 is 1.68 bits per heavy atom. The van der Waals surface area contributed by atoms with E-state index in [1.165, 1.54) is 11.1 Å². The van der Waals surface area contributed by atoms with E-state index in [2.05, 4.69) is 49.4 Å². The maximum Gasteiger partial charge on any atom is 0.194 e. The molecule has 0 N–H and O–H groups in total. The Kier molecular flexibility index (Phi) is 4.40. The van der Waals surface area contributed by atoms with Crippen LogP contribution in [0.15, 0.2) is 42.5 Å². The second kappa shape index (κ2) is 5.87. The Labute approximate surface area is 128 Å². The first-order chi connectivity index (χ1) is 9.02. The molecule has 0 unspecified atom stereocenters. The number of ketones is 1. The molecule has 0 spiro atoms. The van der Waals surface area contributed by atoms with Crippen LogP contribution in [0.5, 0.6) is 0 Å². The fourth-order valence-corrected chi connectivity index (χ4v) is 2.98. The summed E-state index contributed by atoms with van der Waals surface area (Å²) in [7, 11) is 0. The van der Waals surface area contributed by atoms with Crippen LogP contribution in [-0.4, -0.2) is 5.78 Å². The molecule has 0 saturated heterocycles. The van der Waals surface area contributed by atoms with Gasteiger partial charge in [-0.15, -0.1) is 0 Å². The SMILES string of the molecule is Cc1c(C(C)C)ccc(C(=O)c2ccccc2)c1I. The molecule has 2 heteroatoms. The van der Waals surface area contributed by atoms with Crippen molar-refractivity contribution in [3.05, 3.63) is 68.3 Å². The fourth-order valence-electron chi connectivity index (χ4n) is 2.25. The average Bonchev–Trinajstić information content (AvgIpc) is 2.41. The van der Waals surface area contributed by atoms with Crippen LogP contribution in [0.4, 0.5) is 0 Å². The lowest BCUT2D eigenvalue weighted by Gasteiger charge is -2.14. The number of carbonyl (C=O) groups is 1. The molecule has 0 atom stereocenters. The van der Waals surface area contributed by atoms with Crippen LogP contribution in [0.3, 0.4) is 0 Å². The quantitative estimate of drug-likeness (QED) is 0.556. The molecule has 0 bridgehead atoms. The molecule has 2 rings (SSSR count). The third-order valence-electron chi connectivity index (χ3n) is 3.33. The van der Waals surface area contributed by atoms with Gasteiger partial charge < -0.3 is 0 Å². The Morgan fingerprint density at radius 3 is 2.26 bits per heavy atom. The highest BCUT2D eigenvalue weighted by molar-refractivity contribution is 14.1. The van der Waals surface area contributed by atoms with E-state index < -0.39 is 0 Å². The van der Waals surface area contributed by atoms with Crippen LogP contribution in [-0.2, 0) is 0 Å². The maximum atomic E-state index is 12.5. The molecule has 0 aliphatic rings. The van der Waals surface area contributed by atoms with Crippen molar-refractivity contribution in [1.82, 2.24) is 0 Å². The van der Waals surface area contributed by atoms with Crippen molar-refractivity contribution in [2.45, 2.75) is 26.7 Å². The van der Waals surface area contributed by atoms with Crippen molar-refractivity contribution in [2.75, 3.05) is 0 Å². The molecule has 0 heterocycles. The number of benzene rings is 2. The molecule has 0 amide bonds. The van der Waals surface area contributed by atoms with Crippen molar-refractivity contribution in [1.29, 1.82) is 0 Å². The first kappa shape index (κ1) is 14.3. The van der Waals surface area contributed by atoms with E-state index in [4.69, 9.17) is 0 Å². The average molecular weight is 364 g/mol. The van der Waals surface area contributed by atoms with Crippen molar-refractivity contribution in [3.8, 4) is 0 Å². The van der Waals surface area contributed by atoms with Crippen LogP contribution in [0.1, 0.15) is 46.8 Å². The predicted molar refractivity (Wildman–Crippen MR) is 87.9 cm³/mol. The zero-order valence-electron chi connectivity index (χ0n) is 11.4. The first-order valence-corrected chi connectivity index (χ1v) is 7.49. The van der Waals surface area contributed by atoms with Gasteiger partial charge in [-0.1, -0.05) is 50.2 Å². The van der Waals surface area contributed by atoms with Crippen LogP contribution >= 0.6 is 22.6 Å². The van der Waals surface area contributed by atoms with Gasteiger partial charge >= 0.3 is 0 Å². The molecule has 98 valence electrons. The van der Waals surface area contributed by atoms with Gasteiger partial charge in [0, 0.05) is 14.7 Å². The zero-order valence-corrected chi connectivity index (χ0v) is 13.6. The number of halogens is 1. The van der Waals surface area contributed by atoms with Gasteiger partial charge in [0.05, 0.1) is 0 Å². The van der Waals surface area contributed by atoms with Crippen LogP contribution < -0.4 is 0 Å². The Balaban J connectivity index is 2.48. The molecule has 0 fully saturated rings. The predicted octanol–water partition coefficient (Wildman–Crippen LogP) is 4.95. The van der Waals surface area contributed by atoms with Crippen molar-refractivity contribution >= 4 is 28.4 Å². The highest BCUT2D eigenvalue weighted by Crippen LogP contribution is 2.27. The molecule has 2 aromatic rings. The summed E-state index contributed by atoms with van der Waals surface area (Å²) in [5, 5.41) is 0. The van der Waals surface area contributed by atoms with Crippen molar-refractivity contribution in [2.24, 2.45) is 0 Å². The molecule has 19 heavy (non-hydrogen) atoms. The summed E-state index contributed by atoms with van der Waals surface area (Å²) in [6.45, 7) is 6.45. The van der Waals surface area contributed by atoms with Gasteiger partial charge in [-0.3, -0.25) is 4.79 Å². The molecule has 2 aromatic carbocycles. The molecular formula is C17H17IO. The normalized spacial score (nSPS) is 10.8. The molecular weight excluding hydrogens is 347 g/mol. The molecule has 0 saturated carbocycles. The summed E-state index contributed by atoms with van der Waals surface area (Å²) in [5.41, 5.74) is 4.08. The lowest BCUT2D eigenvalue weighted by atomic mass is 9.94. The van der Waals surface area contributed by atoms with E-state index in [0.717, 1.165) is 14.7 Å². The highest BCUT2D eigenvalue weighted by atomic mass is 127. The van der Waals surface area contributed by atoms with E-state index >= 15 is 0 Å². The van der Waals surface area contributed by atoms with Crippen LogP contribution in [0, 0.1) is 10.5 Å². The minimum Gasteiger partial charge on any atom is -0.289 e. The van der Waals surface area contributed by atoms with Crippen LogP contribution in [0.2, 0.25) is 0 Å². The van der Waals surface area contributed by atoms with Gasteiger partial charge in [-0.05, 0) is 52.6 Å². The van der Waals surface area contributed by atoms with E-state index in [1.807, 2.05) is 36.4 Å². The van der Waals surface area contributed by atoms with Crippen LogP contribution in [0.25, 0.3) is 0 Å². The van der Waals surface area contributed by atoms with Gasteiger partial charge in [0.25, 0.3) is 0 Å².